The van der Waals surface area contributed by atoms with Crippen molar-refractivity contribution < 1.29 is 4.79 Å². The van der Waals surface area contributed by atoms with E-state index in [0.717, 1.165) is 34.5 Å². The Morgan fingerprint density at radius 2 is 1.79 bits per heavy atom. The van der Waals surface area contributed by atoms with Gasteiger partial charge in [-0.15, -0.1) is 0 Å². The molecule has 1 unspecified atom stereocenters. The van der Waals surface area contributed by atoms with Crippen molar-refractivity contribution in [1.82, 2.24) is 19.6 Å². The Balaban J connectivity index is 1.55. The van der Waals surface area contributed by atoms with E-state index in [2.05, 4.69) is 25.9 Å². The molecule has 1 aromatic heterocycles. The monoisotopic (exact) mass is 486 g/mol. The summed E-state index contributed by atoms with van der Waals surface area (Å²) in [6.45, 7) is 10.3. The maximum atomic E-state index is 12.9. The molecule has 1 saturated heterocycles. The number of amides is 1. The first kappa shape index (κ1) is 21.6. The fourth-order valence-corrected chi connectivity index (χ4v) is 4.34. The molecule has 1 amide bonds. The number of piperazine rings is 1. The van der Waals surface area contributed by atoms with Gasteiger partial charge < -0.3 is 4.90 Å². The van der Waals surface area contributed by atoms with Gasteiger partial charge in [0.25, 0.3) is 0 Å². The normalized spacial score (nSPS) is 16.4. The number of benzene rings is 1. The summed E-state index contributed by atoms with van der Waals surface area (Å²) in [6, 6.07) is 5.58. The molecule has 0 radical (unpaired) electrons. The number of carbonyl (C=O) groups is 1. The summed E-state index contributed by atoms with van der Waals surface area (Å²) in [4.78, 5) is 17.1. The smallest absolute Gasteiger partial charge is 0.227 e. The van der Waals surface area contributed by atoms with E-state index in [1.165, 1.54) is 0 Å². The molecule has 1 fully saturated rings. The molecule has 1 aliphatic heterocycles. The van der Waals surface area contributed by atoms with E-state index in [1.807, 2.05) is 48.6 Å². The number of halogens is 3. The number of nitrogens with zero attached hydrogens (tertiary/aromatic N) is 4. The van der Waals surface area contributed by atoms with Gasteiger partial charge in [0, 0.05) is 54.0 Å². The zero-order chi connectivity index (χ0) is 20.4. The predicted molar refractivity (Wildman–Crippen MR) is 117 cm³/mol. The van der Waals surface area contributed by atoms with Crippen LogP contribution in [-0.2, 0) is 17.9 Å². The van der Waals surface area contributed by atoms with Crippen LogP contribution in [0.4, 0.5) is 0 Å². The minimum absolute atomic E-state index is 0.116. The standard InChI is InChI=1S/C20H25BrCl2N4O/c1-13(11-27-15(3)19(21)14(2)24-27)20(28)26-9-7-25(8-10-26)12-16-17(22)5-4-6-18(16)23/h4-6,13H,7-12H2,1-3H3. The third-order valence-corrected chi connectivity index (χ3v) is 7.14. The van der Waals surface area contributed by atoms with Gasteiger partial charge >= 0.3 is 0 Å². The summed E-state index contributed by atoms with van der Waals surface area (Å²) >= 11 is 16.1. The highest BCUT2D eigenvalue weighted by molar-refractivity contribution is 9.10. The molecule has 2 heterocycles. The fraction of sp³-hybridized carbons (Fsp3) is 0.500. The van der Waals surface area contributed by atoms with Crippen molar-refractivity contribution in [2.45, 2.75) is 33.9 Å². The van der Waals surface area contributed by atoms with Crippen LogP contribution in [0.3, 0.4) is 0 Å². The van der Waals surface area contributed by atoms with Crippen LogP contribution in [0, 0.1) is 19.8 Å². The number of rotatable bonds is 5. The Morgan fingerprint density at radius 3 is 2.32 bits per heavy atom. The van der Waals surface area contributed by atoms with Crippen LogP contribution in [0.5, 0.6) is 0 Å². The molecule has 1 atom stereocenters. The molecule has 0 bridgehead atoms. The van der Waals surface area contributed by atoms with Crippen molar-refractivity contribution in [2.75, 3.05) is 26.2 Å². The van der Waals surface area contributed by atoms with Gasteiger partial charge in [0.05, 0.1) is 22.6 Å². The molecule has 5 nitrogen and oxygen atoms in total. The molecule has 0 aliphatic carbocycles. The van der Waals surface area contributed by atoms with Crippen LogP contribution in [0.25, 0.3) is 0 Å². The maximum absolute atomic E-state index is 12.9. The molecule has 152 valence electrons. The van der Waals surface area contributed by atoms with Gasteiger partial charge in [-0.2, -0.15) is 5.10 Å². The first-order valence-electron chi connectivity index (χ1n) is 9.41. The van der Waals surface area contributed by atoms with Crippen molar-refractivity contribution >= 4 is 45.0 Å². The second kappa shape index (κ2) is 9.16. The lowest BCUT2D eigenvalue weighted by molar-refractivity contribution is -0.137. The van der Waals surface area contributed by atoms with Crippen molar-refractivity contribution in [3.05, 3.63) is 49.7 Å². The second-order valence-electron chi connectivity index (χ2n) is 7.37. The van der Waals surface area contributed by atoms with Gasteiger partial charge in [-0.25, -0.2) is 0 Å². The zero-order valence-corrected chi connectivity index (χ0v) is 19.5. The highest BCUT2D eigenvalue weighted by atomic mass is 79.9. The summed E-state index contributed by atoms with van der Waals surface area (Å²) in [7, 11) is 0. The Hall–Kier alpha value is -1.08. The lowest BCUT2D eigenvalue weighted by Gasteiger charge is -2.36. The van der Waals surface area contributed by atoms with Crippen molar-refractivity contribution in [1.29, 1.82) is 0 Å². The Bertz CT molecular complexity index is 842. The average molecular weight is 488 g/mol. The molecule has 2 aromatic rings. The van der Waals surface area contributed by atoms with Gasteiger partial charge in [-0.1, -0.05) is 36.2 Å². The minimum atomic E-state index is -0.116. The Labute approximate surface area is 184 Å². The molecule has 8 heteroatoms. The summed E-state index contributed by atoms with van der Waals surface area (Å²) in [5, 5.41) is 5.90. The van der Waals surface area contributed by atoms with E-state index in [1.54, 1.807) is 0 Å². The lowest BCUT2D eigenvalue weighted by Crippen LogP contribution is -2.50. The van der Waals surface area contributed by atoms with Crippen LogP contribution in [0.1, 0.15) is 23.9 Å². The summed E-state index contributed by atoms with van der Waals surface area (Å²) in [5.74, 6) is 0.0635. The number of hydrogen-bond acceptors (Lipinski definition) is 3. The largest absolute Gasteiger partial charge is 0.340 e. The average Bonchev–Trinajstić information content (AvgIpc) is 2.91. The topological polar surface area (TPSA) is 41.4 Å². The highest BCUT2D eigenvalue weighted by Gasteiger charge is 2.26. The van der Waals surface area contributed by atoms with Gasteiger partial charge in [0.1, 0.15) is 0 Å². The summed E-state index contributed by atoms with van der Waals surface area (Å²) < 4.78 is 2.93. The van der Waals surface area contributed by atoms with Crippen LogP contribution in [0.2, 0.25) is 10.0 Å². The molecule has 28 heavy (non-hydrogen) atoms. The first-order valence-corrected chi connectivity index (χ1v) is 11.0. The van der Waals surface area contributed by atoms with Crippen molar-refractivity contribution in [3.63, 3.8) is 0 Å². The van der Waals surface area contributed by atoms with Gasteiger partial charge in [-0.05, 0) is 41.9 Å². The molecule has 0 N–H and O–H groups in total. The van der Waals surface area contributed by atoms with Gasteiger partial charge in [0.15, 0.2) is 0 Å². The number of aryl methyl sites for hydroxylation is 1. The first-order chi connectivity index (χ1) is 13.3. The molecule has 0 saturated carbocycles. The molecule has 1 aliphatic rings. The third-order valence-electron chi connectivity index (χ3n) is 5.29. The van der Waals surface area contributed by atoms with Crippen molar-refractivity contribution in [2.24, 2.45) is 5.92 Å². The quantitative estimate of drug-likeness (QED) is 0.621. The molecular formula is C20H25BrCl2N4O. The molecule has 1 aromatic carbocycles. The highest BCUT2D eigenvalue weighted by Crippen LogP contribution is 2.26. The van der Waals surface area contributed by atoms with Crippen LogP contribution in [0.15, 0.2) is 22.7 Å². The number of hydrogen-bond donors (Lipinski definition) is 0. The van der Waals surface area contributed by atoms with E-state index in [0.29, 0.717) is 36.2 Å². The van der Waals surface area contributed by atoms with E-state index >= 15 is 0 Å². The van der Waals surface area contributed by atoms with Crippen LogP contribution in [-0.4, -0.2) is 51.7 Å². The number of aromatic nitrogens is 2. The van der Waals surface area contributed by atoms with Crippen LogP contribution >= 0.6 is 39.1 Å². The number of carbonyl (C=O) groups excluding carboxylic acids is 1. The van der Waals surface area contributed by atoms with Crippen LogP contribution < -0.4 is 0 Å². The SMILES string of the molecule is Cc1nn(CC(C)C(=O)N2CCN(Cc3c(Cl)cccc3Cl)CC2)c(C)c1Br. The summed E-state index contributed by atoms with van der Waals surface area (Å²) in [6.07, 6.45) is 0. The summed E-state index contributed by atoms with van der Waals surface area (Å²) in [5.41, 5.74) is 2.96. The van der Waals surface area contributed by atoms with E-state index in [9.17, 15) is 4.79 Å². The Morgan fingerprint density at radius 1 is 1.18 bits per heavy atom. The van der Waals surface area contributed by atoms with Crippen molar-refractivity contribution in [3.8, 4) is 0 Å². The zero-order valence-electron chi connectivity index (χ0n) is 16.4. The molecular weight excluding hydrogens is 463 g/mol. The predicted octanol–water partition coefficient (Wildman–Crippen LogP) is 4.55. The van der Waals surface area contributed by atoms with Gasteiger partial charge in [-0.3, -0.25) is 14.4 Å². The molecule has 0 spiro atoms. The Kier molecular flexibility index (Phi) is 7.07. The van der Waals surface area contributed by atoms with Gasteiger partial charge in [0.2, 0.25) is 5.91 Å². The van der Waals surface area contributed by atoms with E-state index in [4.69, 9.17) is 23.2 Å². The van der Waals surface area contributed by atoms with E-state index in [-0.39, 0.29) is 11.8 Å². The van der Waals surface area contributed by atoms with E-state index < -0.39 is 0 Å². The molecule has 3 rings (SSSR count). The second-order valence-corrected chi connectivity index (χ2v) is 8.98. The fourth-order valence-electron chi connectivity index (χ4n) is 3.54. The minimum Gasteiger partial charge on any atom is -0.340 e. The maximum Gasteiger partial charge on any atom is 0.227 e. The third kappa shape index (κ3) is 4.73. The lowest BCUT2D eigenvalue weighted by atomic mass is 10.1.